The summed E-state index contributed by atoms with van der Waals surface area (Å²) in [5.41, 5.74) is 4.02. The quantitative estimate of drug-likeness (QED) is 0.431. The molecule has 0 saturated carbocycles. The zero-order valence-corrected chi connectivity index (χ0v) is 17.6. The zero-order chi connectivity index (χ0) is 19.1. The molecule has 0 radical (unpaired) electrons. The summed E-state index contributed by atoms with van der Waals surface area (Å²) in [6, 6.07) is 13.8. The van der Waals surface area contributed by atoms with Crippen molar-refractivity contribution in [3.8, 4) is 0 Å². The van der Waals surface area contributed by atoms with Crippen molar-refractivity contribution in [1.82, 2.24) is 0 Å². The Morgan fingerprint density at radius 1 is 1.12 bits per heavy atom. The molecule has 3 rings (SSSR count). The highest BCUT2D eigenvalue weighted by atomic mass is 35.5. The summed E-state index contributed by atoms with van der Waals surface area (Å²) in [5.74, 6) is -0.111. The third-order valence-electron chi connectivity index (χ3n) is 4.28. The van der Waals surface area contributed by atoms with Crippen molar-refractivity contribution < 1.29 is 4.79 Å². The van der Waals surface area contributed by atoms with Crippen molar-refractivity contribution in [1.29, 1.82) is 0 Å². The number of carbonyl (C=O) groups excluding carboxylic acids is 1. The van der Waals surface area contributed by atoms with Crippen LogP contribution in [0.25, 0.3) is 6.08 Å². The van der Waals surface area contributed by atoms with Gasteiger partial charge in [-0.15, -0.1) is 0 Å². The maximum atomic E-state index is 12.8. The zero-order valence-electron chi connectivity index (χ0n) is 15.2. The molecule has 1 amide bonds. The van der Waals surface area contributed by atoms with E-state index in [1.807, 2.05) is 37.3 Å². The molecule has 0 spiro atoms. The fourth-order valence-electron chi connectivity index (χ4n) is 2.64. The molecule has 0 aromatic heterocycles. The van der Waals surface area contributed by atoms with Crippen LogP contribution in [-0.2, 0) is 10.2 Å². The van der Waals surface area contributed by atoms with Crippen LogP contribution in [0.4, 0.5) is 5.69 Å². The Hall–Kier alpha value is -1.62. The van der Waals surface area contributed by atoms with E-state index < -0.39 is 0 Å². The number of carbonyl (C=O) groups is 1. The minimum atomic E-state index is -0.111. The summed E-state index contributed by atoms with van der Waals surface area (Å²) in [7, 11) is 0. The lowest BCUT2D eigenvalue weighted by Crippen LogP contribution is -2.27. The summed E-state index contributed by atoms with van der Waals surface area (Å²) in [5, 5.41) is 0.623. The number of thioether (sulfide) groups is 1. The van der Waals surface area contributed by atoms with Gasteiger partial charge < -0.3 is 0 Å². The Kier molecular flexibility index (Phi) is 5.29. The number of aryl methyl sites for hydroxylation is 1. The number of rotatable bonds is 2. The summed E-state index contributed by atoms with van der Waals surface area (Å²) in [6.07, 6.45) is 1.89. The molecular formula is C21H20ClNOS2. The predicted octanol–water partition coefficient (Wildman–Crippen LogP) is 6.35. The first-order valence-electron chi connectivity index (χ1n) is 8.31. The molecule has 2 nitrogen and oxygen atoms in total. The number of amides is 1. The van der Waals surface area contributed by atoms with Gasteiger partial charge in [0.05, 0.1) is 10.6 Å². The Labute approximate surface area is 169 Å². The fraction of sp³-hybridized carbons (Fsp3) is 0.238. The van der Waals surface area contributed by atoms with Crippen LogP contribution >= 0.6 is 35.6 Å². The normalized spacial score (nSPS) is 16.7. The molecule has 0 unspecified atom stereocenters. The van der Waals surface area contributed by atoms with Gasteiger partial charge in [0.25, 0.3) is 5.91 Å². The number of benzene rings is 2. The molecule has 0 bridgehead atoms. The summed E-state index contributed by atoms with van der Waals surface area (Å²) in [6.45, 7) is 8.47. The van der Waals surface area contributed by atoms with Crippen molar-refractivity contribution in [3.05, 3.63) is 69.1 Å². The van der Waals surface area contributed by atoms with Crippen LogP contribution < -0.4 is 4.90 Å². The topological polar surface area (TPSA) is 20.3 Å². The maximum absolute atomic E-state index is 12.8. The van der Waals surface area contributed by atoms with Crippen LogP contribution in [0.2, 0.25) is 5.02 Å². The molecule has 1 aliphatic heterocycles. The van der Waals surface area contributed by atoms with Crippen LogP contribution in [-0.4, -0.2) is 10.2 Å². The first-order chi connectivity index (χ1) is 12.2. The third-order valence-corrected chi connectivity index (χ3v) is 5.99. The van der Waals surface area contributed by atoms with E-state index in [9.17, 15) is 4.79 Å². The maximum Gasteiger partial charge on any atom is 0.270 e. The molecule has 5 heteroatoms. The second-order valence-corrected chi connectivity index (χ2v) is 9.41. The van der Waals surface area contributed by atoms with Gasteiger partial charge in [0.2, 0.25) is 0 Å². The molecule has 1 heterocycles. The van der Waals surface area contributed by atoms with E-state index in [1.54, 1.807) is 11.0 Å². The third kappa shape index (κ3) is 3.88. The molecular weight excluding hydrogens is 382 g/mol. The van der Waals surface area contributed by atoms with Crippen molar-refractivity contribution >= 4 is 57.6 Å². The number of hydrogen-bond acceptors (Lipinski definition) is 3. The average Bonchev–Trinajstić information content (AvgIpc) is 2.84. The van der Waals surface area contributed by atoms with Gasteiger partial charge in [-0.05, 0) is 47.2 Å². The van der Waals surface area contributed by atoms with Gasteiger partial charge in [-0.2, -0.15) is 0 Å². The minimum absolute atomic E-state index is 0.104. The highest BCUT2D eigenvalue weighted by molar-refractivity contribution is 8.27. The van der Waals surface area contributed by atoms with E-state index in [0.717, 1.165) is 11.1 Å². The van der Waals surface area contributed by atoms with E-state index in [0.29, 0.717) is 19.9 Å². The monoisotopic (exact) mass is 401 g/mol. The van der Waals surface area contributed by atoms with Crippen molar-refractivity contribution in [2.24, 2.45) is 0 Å². The second-order valence-electron chi connectivity index (χ2n) is 7.32. The van der Waals surface area contributed by atoms with E-state index in [-0.39, 0.29) is 11.3 Å². The Bertz CT molecular complexity index is 911. The molecule has 2 aromatic carbocycles. The largest absolute Gasteiger partial charge is 0.270 e. The van der Waals surface area contributed by atoms with Gasteiger partial charge >= 0.3 is 0 Å². The Balaban J connectivity index is 1.88. The van der Waals surface area contributed by atoms with Crippen LogP contribution in [0, 0.1) is 6.92 Å². The number of nitrogens with zero attached hydrogens (tertiary/aromatic N) is 1. The van der Waals surface area contributed by atoms with E-state index in [4.69, 9.17) is 23.8 Å². The van der Waals surface area contributed by atoms with Gasteiger partial charge in [-0.3, -0.25) is 9.69 Å². The first-order valence-corrected chi connectivity index (χ1v) is 9.92. The van der Waals surface area contributed by atoms with E-state index >= 15 is 0 Å². The van der Waals surface area contributed by atoms with Crippen LogP contribution in [0.15, 0.2) is 47.4 Å². The fourth-order valence-corrected chi connectivity index (χ4v) is 4.12. The molecule has 0 atom stereocenters. The molecule has 0 N–H and O–H groups in total. The Morgan fingerprint density at radius 2 is 1.77 bits per heavy atom. The van der Waals surface area contributed by atoms with E-state index in [2.05, 4.69) is 32.9 Å². The van der Waals surface area contributed by atoms with Crippen molar-refractivity contribution in [2.45, 2.75) is 33.1 Å². The number of anilines is 1. The molecule has 1 aliphatic rings. The lowest BCUT2D eigenvalue weighted by molar-refractivity contribution is -0.113. The second kappa shape index (κ2) is 7.18. The van der Waals surface area contributed by atoms with Crippen molar-refractivity contribution in [3.63, 3.8) is 0 Å². The molecule has 1 fully saturated rings. The van der Waals surface area contributed by atoms with Crippen molar-refractivity contribution in [2.75, 3.05) is 4.90 Å². The van der Waals surface area contributed by atoms with Gasteiger partial charge in [-0.1, -0.05) is 86.7 Å². The van der Waals surface area contributed by atoms with Crippen LogP contribution in [0.1, 0.15) is 37.5 Å². The van der Waals surface area contributed by atoms with Gasteiger partial charge in [0.15, 0.2) is 4.32 Å². The predicted molar refractivity (Wildman–Crippen MR) is 117 cm³/mol. The lowest BCUT2D eigenvalue weighted by atomic mass is 9.87. The lowest BCUT2D eigenvalue weighted by Gasteiger charge is -2.18. The van der Waals surface area contributed by atoms with Crippen LogP contribution in [0.5, 0.6) is 0 Å². The van der Waals surface area contributed by atoms with Gasteiger partial charge in [0, 0.05) is 5.02 Å². The number of halogens is 1. The highest BCUT2D eigenvalue weighted by Gasteiger charge is 2.33. The molecule has 0 aliphatic carbocycles. The SMILES string of the molecule is Cc1ccc(N2C(=O)/C(=C/c3ccc(C(C)(C)C)cc3)SC2=S)cc1Cl. The standard InChI is InChI=1S/C21H20ClNOS2/c1-13-5-10-16(12-17(13)22)23-19(24)18(26-20(23)25)11-14-6-8-15(9-7-14)21(2,3)4/h5-12H,1-4H3/b18-11-. The highest BCUT2D eigenvalue weighted by Crippen LogP contribution is 2.37. The molecule has 1 saturated heterocycles. The van der Waals surface area contributed by atoms with Gasteiger partial charge in [0.1, 0.15) is 0 Å². The molecule has 26 heavy (non-hydrogen) atoms. The summed E-state index contributed by atoms with van der Waals surface area (Å²) in [4.78, 5) is 15.0. The smallest absolute Gasteiger partial charge is 0.268 e. The van der Waals surface area contributed by atoms with E-state index in [1.165, 1.54) is 17.3 Å². The first kappa shape index (κ1) is 19.2. The van der Waals surface area contributed by atoms with Gasteiger partial charge in [-0.25, -0.2) is 0 Å². The number of thiocarbonyl (C=S) groups is 1. The molecule has 134 valence electrons. The number of hydrogen-bond donors (Lipinski definition) is 0. The minimum Gasteiger partial charge on any atom is -0.268 e. The van der Waals surface area contributed by atoms with Crippen LogP contribution in [0.3, 0.4) is 0 Å². The summed E-state index contributed by atoms with van der Waals surface area (Å²) >= 11 is 12.9. The molecule has 2 aromatic rings. The average molecular weight is 402 g/mol. The summed E-state index contributed by atoms with van der Waals surface area (Å²) < 4.78 is 0.521. The Morgan fingerprint density at radius 3 is 2.35 bits per heavy atom.